The van der Waals surface area contributed by atoms with Gasteiger partial charge >= 0.3 is 0 Å². The molecule has 2 aromatic rings. The fourth-order valence-electron chi connectivity index (χ4n) is 2.80. The molecule has 1 aromatic carbocycles. The van der Waals surface area contributed by atoms with Crippen LogP contribution in [0.5, 0.6) is 0 Å². The highest BCUT2D eigenvalue weighted by Crippen LogP contribution is 2.40. The van der Waals surface area contributed by atoms with Crippen LogP contribution in [0.15, 0.2) is 24.3 Å². The van der Waals surface area contributed by atoms with Crippen LogP contribution in [-0.2, 0) is 4.74 Å². The molecule has 1 aliphatic rings. The van der Waals surface area contributed by atoms with Gasteiger partial charge in [-0.15, -0.1) is 0 Å². The van der Waals surface area contributed by atoms with E-state index in [0.717, 1.165) is 40.8 Å². The Morgan fingerprint density at radius 1 is 1.25 bits per heavy atom. The van der Waals surface area contributed by atoms with Gasteiger partial charge in [-0.1, -0.05) is 11.6 Å². The Bertz CT molecular complexity index is 726. The van der Waals surface area contributed by atoms with Crippen molar-refractivity contribution in [3.63, 3.8) is 0 Å². The van der Waals surface area contributed by atoms with Crippen LogP contribution in [-0.4, -0.2) is 44.2 Å². The van der Waals surface area contributed by atoms with Crippen LogP contribution < -0.4 is 10.6 Å². The number of hydrogen-bond acceptors (Lipinski definition) is 4. The van der Waals surface area contributed by atoms with Crippen LogP contribution in [0.25, 0.3) is 10.9 Å². The first-order valence-corrected chi connectivity index (χ1v) is 8.58. The Morgan fingerprint density at radius 2 is 2.08 bits per heavy atom. The standard InChI is InChI=1S/C19H25N3O2/c1-13-3-6-17-15(11-13)16(12-18(22-17)14-4-5-14)19(23)21-8-7-20-9-10-24-2/h3,6,11-12,14,20H,4-5,7-10H2,1-2H3,(H,21,23). The van der Waals surface area contributed by atoms with E-state index in [1.165, 1.54) is 12.8 Å². The number of carbonyl (C=O) groups is 1. The fourth-order valence-corrected chi connectivity index (χ4v) is 2.80. The number of nitrogens with zero attached hydrogens (tertiary/aromatic N) is 1. The molecule has 1 heterocycles. The summed E-state index contributed by atoms with van der Waals surface area (Å²) in [4.78, 5) is 17.4. The minimum atomic E-state index is -0.0246. The maximum absolute atomic E-state index is 12.7. The number of carbonyl (C=O) groups excluding carboxylic acids is 1. The highest BCUT2D eigenvalue weighted by molar-refractivity contribution is 6.06. The van der Waals surface area contributed by atoms with Gasteiger partial charge in [0.2, 0.25) is 0 Å². The van der Waals surface area contributed by atoms with E-state index in [9.17, 15) is 4.79 Å². The molecule has 0 unspecified atom stereocenters. The topological polar surface area (TPSA) is 63.2 Å². The van der Waals surface area contributed by atoms with Gasteiger partial charge < -0.3 is 15.4 Å². The number of methoxy groups -OCH3 is 1. The molecule has 24 heavy (non-hydrogen) atoms. The van der Waals surface area contributed by atoms with Crippen molar-refractivity contribution in [2.45, 2.75) is 25.7 Å². The lowest BCUT2D eigenvalue weighted by molar-refractivity contribution is 0.0955. The number of benzene rings is 1. The quantitative estimate of drug-likeness (QED) is 0.731. The highest BCUT2D eigenvalue weighted by atomic mass is 16.5. The van der Waals surface area contributed by atoms with Crippen molar-refractivity contribution >= 4 is 16.8 Å². The number of amides is 1. The summed E-state index contributed by atoms with van der Waals surface area (Å²) in [6.45, 7) is 4.82. The Balaban J connectivity index is 1.74. The van der Waals surface area contributed by atoms with Crippen molar-refractivity contribution in [3.05, 3.63) is 41.1 Å². The lowest BCUT2D eigenvalue weighted by atomic mass is 10.0. The lowest BCUT2D eigenvalue weighted by Gasteiger charge is -2.11. The van der Waals surface area contributed by atoms with Gasteiger partial charge in [-0.05, 0) is 38.0 Å². The van der Waals surface area contributed by atoms with E-state index in [1.807, 2.05) is 31.2 Å². The number of hydrogen-bond donors (Lipinski definition) is 2. The zero-order chi connectivity index (χ0) is 16.9. The monoisotopic (exact) mass is 327 g/mol. The lowest BCUT2D eigenvalue weighted by Crippen LogP contribution is -2.33. The number of fused-ring (bicyclic) bond motifs is 1. The minimum absolute atomic E-state index is 0.0246. The van der Waals surface area contributed by atoms with Gasteiger partial charge in [0.05, 0.1) is 17.7 Å². The van der Waals surface area contributed by atoms with E-state index < -0.39 is 0 Å². The third-order valence-electron chi connectivity index (χ3n) is 4.29. The van der Waals surface area contributed by atoms with Crippen LogP contribution in [0.2, 0.25) is 0 Å². The van der Waals surface area contributed by atoms with E-state index in [1.54, 1.807) is 7.11 Å². The first-order chi connectivity index (χ1) is 11.7. The molecule has 1 fully saturated rings. The minimum Gasteiger partial charge on any atom is -0.383 e. The molecule has 0 saturated heterocycles. The van der Waals surface area contributed by atoms with Gasteiger partial charge in [-0.3, -0.25) is 9.78 Å². The molecular weight excluding hydrogens is 302 g/mol. The van der Waals surface area contributed by atoms with Crippen LogP contribution in [0.3, 0.4) is 0 Å². The summed E-state index contributed by atoms with van der Waals surface area (Å²) in [5.41, 5.74) is 3.84. The van der Waals surface area contributed by atoms with Crippen molar-refractivity contribution in [2.24, 2.45) is 0 Å². The van der Waals surface area contributed by atoms with Crippen LogP contribution >= 0.6 is 0 Å². The molecule has 0 aliphatic heterocycles. The molecular formula is C19H25N3O2. The molecule has 0 bridgehead atoms. The Morgan fingerprint density at radius 3 is 2.83 bits per heavy atom. The van der Waals surface area contributed by atoms with Crippen molar-refractivity contribution in [2.75, 3.05) is 33.4 Å². The third kappa shape index (κ3) is 4.10. The van der Waals surface area contributed by atoms with Gasteiger partial charge in [-0.25, -0.2) is 0 Å². The number of rotatable bonds is 8. The summed E-state index contributed by atoms with van der Waals surface area (Å²) in [7, 11) is 1.68. The Kier molecular flexibility index (Phi) is 5.43. The number of nitrogens with one attached hydrogen (secondary N) is 2. The maximum Gasteiger partial charge on any atom is 0.252 e. The second-order valence-electron chi connectivity index (χ2n) is 6.39. The number of pyridine rings is 1. The van der Waals surface area contributed by atoms with Crippen LogP contribution in [0.1, 0.15) is 40.4 Å². The smallest absolute Gasteiger partial charge is 0.252 e. The zero-order valence-electron chi connectivity index (χ0n) is 14.4. The number of aromatic nitrogens is 1. The molecule has 5 nitrogen and oxygen atoms in total. The molecule has 1 saturated carbocycles. The molecule has 0 atom stereocenters. The predicted molar refractivity (Wildman–Crippen MR) is 95.5 cm³/mol. The average molecular weight is 327 g/mol. The van der Waals surface area contributed by atoms with E-state index >= 15 is 0 Å². The van der Waals surface area contributed by atoms with E-state index in [0.29, 0.717) is 19.1 Å². The number of ether oxygens (including phenoxy) is 1. The van der Waals surface area contributed by atoms with Crippen LogP contribution in [0, 0.1) is 6.92 Å². The van der Waals surface area contributed by atoms with E-state index in [-0.39, 0.29) is 5.91 Å². The van der Waals surface area contributed by atoms with Crippen molar-refractivity contribution in [1.82, 2.24) is 15.6 Å². The predicted octanol–water partition coefficient (Wildman–Crippen LogP) is 2.39. The SMILES string of the molecule is COCCNCCNC(=O)c1cc(C2CC2)nc2ccc(C)cc12. The largest absolute Gasteiger partial charge is 0.383 e. The average Bonchev–Trinajstić information content (AvgIpc) is 3.42. The van der Waals surface area contributed by atoms with Gasteiger partial charge in [0.1, 0.15) is 0 Å². The molecule has 1 amide bonds. The summed E-state index contributed by atoms with van der Waals surface area (Å²) < 4.78 is 4.98. The Labute approximate surface area is 142 Å². The second-order valence-corrected chi connectivity index (χ2v) is 6.39. The molecule has 2 N–H and O–H groups in total. The molecule has 1 aromatic heterocycles. The Hall–Kier alpha value is -1.98. The van der Waals surface area contributed by atoms with Crippen LogP contribution in [0.4, 0.5) is 0 Å². The van der Waals surface area contributed by atoms with Crippen molar-refractivity contribution in [3.8, 4) is 0 Å². The molecule has 128 valence electrons. The first-order valence-electron chi connectivity index (χ1n) is 8.58. The summed E-state index contributed by atoms with van der Waals surface area (Å²) >= 11 is 0. The third-order valence-corrected chi connectivity index (χ3v) is 4.29. The molecule has 3 rings (SSSR count). The molecule has 0 radical (unpaired) electrons. The van der Waals surface area contributed by atoms with Gasteiger partial charge in [0.25, 0.3) is 5.91 Å². The summed E-state index contributed by atoms with van der Waals surface area (Å²) in [6, 6.07) is 8.09. The molecule has 5 heteroatoms. The second kappa shape index (κ2) is 7.73. The van der Waals surface area contributed by atoms with Gasteiger partial charge in [0, 0.05) is 43.7 Å². The normalized spacial score (nSPS) is 14.1. The van der Waals surface area contributed by atoms with Crippen molar-refractivity contribution < 1.29 is 9.53 Å². The van der Waals surface area contributed by atoms with Gasteiger partial charge in [0.15, 0.2) is 0 Å². The van der Waals surface area contributed by atoms with Gasteiger partial charge in [-0.2, -0.15) is 0 Å². The zero-order valence-corrected chi connectivity index (χ0v) is 14.4. The van der Waals surface area contributed by atoms with E-state index in [2.05, 4.69) is 10.6 Å². The molecule has 1 aliphatic carbocycles. The fraction of sp³-hybridized carbons (Fsp3) is 0.474. The summed E-state index contributed by atoms with van der Waals surface area (Å²) in [5, 5.41) is 7.17. The summed E-state index contributed by atoms with van der Waals surface area (Å²) in [6.07, 6.45) is 2.35. The van der Waals surface area contributed by atoms with E-state index in [4.69, 9.17) is 9.72 Å². The van der Waals surface area contributed by atoms with Crippen molar-refractivity contribution in [1.29, 1.82) is 0 Å². The maximum atomic E-state index is 12.7. The summed E-state index contributed by atoms with van der Waals surface area (Å²) in [5.74, 6) is 0.501. The number of aryl methyl sites for hydroxylation is 1. The highest BCUT2D eigenvalue weighted by Gasteiger charge is 2.26. The first kappa shape index (κ1) is 16.9. The molecule has 0 spiro atoms.